The molecule has 3 N–H and O–H groups in total. The topological polar surface area (TPSA) is 112 Å². The molecule has 0 bridgehead atoms. The van der Waals surface area contributed by atoms with Gasteiger partial charge in [-0.05, 0) is 19.1 Å². The van der Waals surface area contributed by atoms with E-state index in [2.05, 4.69) is 37.1 Å². The number of halogens is 4. The number of hydrogen-bond donors (Lipinski definition) is 3. The van der Waals surface area contributed by atoms with E-state index in [-0.39, 0.29) is 34.6 Å². The number of alkyl halides is 3. The van der Waals surface area contributed by atoms with Crippen LogP contribution in [0.2, 0.25) is 0 Å². The molecule has 1 aromatic carbocycles. The van der Waals surface area contributed by atoms with Crippen molar-refractivity contribution >= 4 is 39.5 Å². The van der Waals surface area contributed by atoms with Crippen LogP contribution in [-0.2, 0) is 20.5 Å². The number of likely N-dealkylation sites (N-methyl/N-ethyl adjacent to an activating group) is 1. The number of ether oxygens (including phenoxy) is 1. The lowest BCUT2D eigenvalue weighted by molar-refractivity contribution is -0.139. The summed E-state index contributed by atoms with van der Waals surface area (Å²) in [5.74, 6) is -1.51. The Kier molecular flexibility index (Phi) is 7.32. The molecule has 3 amide bonds. The van der Waals surface area contributed by atoms with Gasteiger partial charge in [0.1, 0.15) is 5.71 Å². The van der Waals surface area contributed by atoms with Gasteiger partial charge in [-0.25, -0.2) is 10.2 Å². The molecule has 1 aromatic rings. The summed E-state index contributed by atoms with van der Waals surface area (Å²) in [4.78, 5) is 37.0. The van der Waals surface area contributed by atoms with E-state index in [9.17, 15) is 27.6 Å². The molecular formula is C20H23BrF3N5O4. The van der Waals surface area contributed by atoms with E-state index in [1.165, 1.54) is 19.2 Å². The van der Waals surface area contributed by atoms with E-state index in [4.69, 9.17) is 4.74 Å². The molecule has 33 heavy (non-hydrogen) atoms. The minimum Gasteiger partial charge on any atom is -0.435 e. The van der Waals surface area contributed by atoms with Crippen LogP contribution < -0.4 is 16.1 Å². The molecule has 0 radical (unpaired) electrons. The van der Waals surface area contributed by atoms with Crippen LogP contribution in [0.4, 0.5) is 18.0 Å². The van der Waals surface area contributed by atoms with Crippen molar-refractivity contribution in [3.8, 4) is 0 Å². The fraction of sp³-hybridized carbons (Fsp3) is 0.500. The maximum Gasteiger partial charge on any atom is 0.428 e. The highest BCUT2D eigenvalue weighted by atomic mass is 79.9. The van der Waals surface area contributed by atoms with Gasteiger partial charge in [0, 0.05) is 55.6 Å². The predicted octanol–water partition coefficient (Wildman–Crippen LogP) is 2.00. The number of carbonyl (C=O) groups is 3. The quantitative estimate of drug-likeness (QED) is 0.512. The lowest BCUT2D eigenvalue weighted by Gasteiger charge is -2.43. The van der Waals surface area contributed by atoms with Crippen molar-refractivity contribution in [2.75, 3.05) is 26.7 Å². The molecule has 0 unspecified atom stereocenters. The molecule has 1 spiro atoms. The number of benzene rings is 1. The minimum atomic E-state index is -4.64. The van der Waals surface area contributed by atoms with E-state index >= 15 is 0 Å². The van der Waals surface area contributed by atoms with Crippen molar-refractivity contribution in [2.45, 2.75) is 37.6 Å². The van der Waals surface area contributed by atoms with E-state index < -0.39 is 35.2 Å². The molecule has 9 nitrogen and oxygen atoms in total. The number of hydrogen-bond acceptors (Lipinski definition) is 6. The fourth-order valence-corrected chi connectivity index (χ4v) is 4.35. The highest BCUT2D eigenvalue weighted by Gasteiger charge is 2.48. The molecular weight excluding hydrogens is 511 g/mol. The Morgan fingerprint density at radius 1 is 1.30 bits per heavy atom. The Labute approximate surface area is 196 Å². The molecule has 1 saturated heterocycles. The minimum absolute atomic E-state index is 0.0162. The first kappa shape index (κ1) is 25.0. The summed E-state index contributed by atoms with van der Waals surface area (Å²) < 4.78 is 47.0. The monoisotopic (exact) mass is 533 g/mol. The molecule has 2 aliphatic heterocycles. The van der Waals surface area contributed by atoms with Gasteiger partial charge < -0.3 is 20.3 Å². The molecule has 2 heterocycles. The third kappa shape index (κ3) is 5.64. The highest BCUT2D eigenvalue weighted by Crippen LogP contribution is 2.39. The normalized spacial score (nSPS) is 19.2. The van der Waals surface area contributed by atoms with Gasteiger partial charge in [0.25, 0.3) is 0 Å². The van der Waals surface area contributed by atoms with Gasteiger partial charge >= 0.3 is 24.1 Å². The molecule has 1 fully saturated rings. The molecule has 3 rings (SSSR count). The number of hydrazone groups is 1. The van der Waals surface area contributed by atoms with Crippen LogP contribution >= 0.6 is 15.9 Å². The van der Waals surface area contributed by atoms with Crippen molar-refractivity contribution in [1.29, 1.82) is 0 Å². The zero-order valence-electron chi connectivity index (χ0n) is 17.9. The number of amides is 3. The third-order valence-corrected chi connectivity index (χ3v) is 6.02. The summed E-state index contributed by atoms with van der Waals surface area (Å²) in [6.07, 6.45) is -5.04. The van der Waals surface area contributed by atoms with Crippen LogP contribution in [0.15, 0.2) is 27.8 Å². The lowest BCUT2D eigenvalue weighted by atomic mass is 9.81. The second-order valence-electron chi connectivity index (χ2n) is 7.90. The molecule has 2 aliphatic rings. The van der Waals surface area contributed by atoms with Gasteiger partial charge in [-0.15, -0.1) is 0 Å². The predicted molar refractivity (Wildman–Crippen MR) is 115 cm³/mol. The van der Waals surface area contributed by atoms with E-state index in [1.54, 1.807) is 6.92 Å². The van der Waals surface area contributed by atoms with Crippen LogP contribution in [0.5, 0.6) is 0 Å². The zero-order chi connectivity index (χ0) is 24.4. The first-order valence-electron chi connectivity index (χ1n) is 10.1. The Hall–Kier alpha value is -2.67. The van der Waals surface area contributed by atoms with Gasteiger partial charge in [-0.2, -0.15) is 18.3 Å². The number of carbonyl (C=O) groups excluding carboxylic acids is 3. The molecule has 13 heteroatoms. The van der Waals surface area contributed by atoms with Gasteiger partial charge in [-0.1, -0.05) is 22.0 Å². The number of rotatable bonds is 4. The smallest absolute Gasteiger partial charge is 0.428 e. The van der Waals surface area contributed by atoms with Crippen molar-refractivity contribution in [2.24, 2.45) is 5.10 Å². The van der Waals surface area contributed by atoms with Crippen LogP contribution in [-0.4, -0.2) is 66.8 Å². The number of likely N-dealkylation sites (tertiary alicyclic amines) is 1. The number of nitrogens with zero attached hydrogens (tertiary/aromatic N) is 2. The lowest BCUT2D eigenvalue weighted by Crippen LogP contribution is -2.57. The average Bonchev–Trinajstić information content (AvgIpc) is 2.74. The van der Waals surface area contributed by atoms with E-state index in [0.717, 1.165) is 6.07 Å². The zero-order valence-corrected chi connectivity index (χ0v) is 19.5. The molecule has 0 saturated carbocycles. The van der Waals surface area contributed by atoms with Crippen molar-refractivity contribution < 1.29 is 32.3 Å². The summed E-state index contributed by atoms with van der Waals surface area (Å²) in [7, 11) is 1.35. The average molecular weight is 534 g/mol. The SMILES string of the molecule is CNC(=O)C(=O)N[C@@H](C)CN1CCC2(CC1)OC(=O)NN=C2c1ccc(Br)cc1C(F)(F)F. The van der Waals surface area contributed by atoms with Crippen LogP contribution in [0.3, 0.4) is 0 Å². The van der Waals surface area contributed by atoms with Crippen molar-refractivity contribution in [3.63, 3.8) is 0 Å². The summed E-state index contributed by atoms with van der Waals surface area (Å²) in [5, 5.41) is 8.79. The maximum absolute atomic E-state index is 13.7. The molecule has 1 atom stereocenters. The fourth-order valence-electron chi connectivity index (χ4n) is 3.99. The number of piperidine rings is 1. The summed E-state index contributed by atoms with van der Waals surface area (Å²) in [5.41, 5.74) is -0.225. The van der Waals surface area contributed by atoms with Gasteiger partial charge in [0.2, 0.25) is 0 Å². The van der Waals surface area contributed by atoms with Gasteiger partial charge in [0.15, 0.2) is 5.60 Å². The Balaban J connectivity index is 1.78. The summed E-state index contributed by atoms with van der Waals surface area (Å²) in [6, 6.07) is 3.39. The summed E-state index contributed by atoms with van der Waals surface area (Å²) >= 11 is 3.07. The Morgan fingerprint density at radius 3 is 2.58 bits per heavy atom. The van der Waals surface area contributed by atoms with Crippen molar-refractivity contribution in [1.82, 2.24) is 21.0 Å². The van der Waals surface area contributed by atoms with Crippen molar-refractivity contribution in [3.05, 3.63) is 33.8 Å². The molecule has 0 aliphatic carbocycles. The molecule has 0 aromatic heterocycles. The first-order chi connectivity index (χ1) is 15.4. The third-order valence-electron chi connectivity index (χ3n) is 5.53. The Morgan fingerprint density at radius 2 is 1.97 bits per heavy atom. The first-order valence-corrected chi connectivity index (χ1v) is 10.9. The highest BCUT2D eigenvalue weighted by molar-refractivity contribution is 9.10. The standard InChI is InChI=1S/C20H23BrF3N5O4/c1-11(26-17(31)16(30)25-2)10-29-7-5-19(6-8-29)15(27-28-18(32)33-19)13-4-3-12(21)9-14(13)20(22,23)24/h3-4,9,11H,5-8,10H2,1-2H3,(H,25,30)(H,26,31)(H,28,32)/t11-/m0/s1. The number of nitrogens with one attached hydrogen (secondary N) is 3. The van der Waals surface area contributed by atoms with E-state index in [0.29, 0.717) is 19.6 Å². The summed E-state index contributed by atoms with van der Waals surface area (Å²) in [6.45, 7) is 2.90. The second-order valence-corrected chi connectivity index (χ2v) is 8.81. The maximum atomic E-state index is 13.7. The largest absolute Gasteiger partial charge is 0.435 e. The Bertz CT molecular complexity index is 977. The van der Waals surface area contributed by atoms with Crippen LogP contribution in [0, 0.1) is 0 Å². The second kappa shape index (κ2) is 9.67. The van der Waals surface area contributed by atoms with Gasteiger partial charge in [-0.3, -0.25) is 9.59 Å². The van der Waals surface area contributed by atoms with Gasteiger partial charge in [0.05, 0.1) is 5.56 Å². The van der Waals surface area contributed by atoms with E-state index in [1.807, 2.05) is 4.90 Å². The van der Waals surface area contributed by atoms with Crippen LogP contribution in [0.25, 0.3) is 0 Å². The molecule has 180 valence electrons. The van der Waals surface area contributed by atoms with Crippen LogP contribution in [0.1, 0.15) is 30.9 Å².